The molecule has 1 aromatic carbocycles. The molecule has 0 bridgehead atoms. The van der Waals surface area contributed by atoms with E-state index in [0.29, 0.717) is 36.2 Å². The van der Waals surface area contributed by atoms with Gasteiger partial charge in [-0.2, -0.15) is 0 Å². The van der Waals surface area contributed by atoms with Gasteiger partial charge in [0.1, 0.15) is 11.5 Å². The van der Waals surface area contributed by atoms with Gasteiger partial charge in [0.25, 0.3) is 0 Å². The molecule has 0 amide bonds. The van der Waals surface area contributed by atoms with E-state index in [4.69, 9.17) is 9.47 Å². The molecular weight excluding hydrogens is 488 g/mol. The highest BCUT2D eigenvalue weighted by Gasteiger charge is 2.33. The predicted molar refractivity (Wildman–Crippen MR) is 156 cm³/mol. The fourth-order valence-electron chi connectivity index (χ4n) is 6.36. The largest absolute Gasteiger partial charge is 0.426 e. The number of hydrogen-bond acceptors (Lipinski definition) is 6. The van der Waals surface area contributed by atoms with Gasteiger partial charge in [0.2, 0.25) is 0 Å². The molecule has 4 rings (SSSR count). The molecule has 0 saturated carbocycles. The van der Waals surface area contributed by atoms with Crippen molar-refractivity contribution in [1.29, 1.82) is 0 Å². The highest BCUT2D eigenvalue weighted by Crippen LogP contribution is 2.47. The lowest BCUT2D eigenvalue weighted by Crippen LogP contribution is -2.22. The molecule has 4 atom stereocenters. The van der Waals surface area contributed by atoms with E-state index in [9.17, 15) is 9.59 Å². The summed E-state index contributed by atoms with van der Waals surface area (Å²) in [6.45, 7) is 14.3. The van der Waals surface area contributed by atoms with Crippen LogP contribution in [0.4, 0.5) is 0 Å². The minimum Gasteiger partial charge on any atom is -0.426 e. The second kappa shape index (κ2) is 14.3. The van der Waals surface area contributed by atoms with Crippen molar-refractivity contribution in [3.8, 4) is 11.5 Å². The Morgan fingerprint density at radius 3 is 2.03 bits per heavy atom. The lowest BCUT2D eigenvalue weighted by Gasteiger charge is -2.32. The number of benzene rings is 1. The standard InChI is InChI=1S/C33H48N2O4/c1-5-6-7-8-24-16-29(38-31(36)18-25-11-13-34-20-25)33(28-15-23(4)9-10-27(28)22(2)3)30(17-24)39-32(37)19-26-12-14-35-21-26/h15-17,25-28,34-35H,2,5-14,18-21H2,1,3-4H3/t25?,26?,27-,28+/m0/s1. The number of esters is 2. The maximum atomic E-state index is 13.2. The van der Waals surface area contributed by atoms with Gasteiger partial charge in [-0.05, 0) is 114 Å². The van der Waals surface area contributed by atoms with Crippen molar-refractivity contribution in [1.82, 2.24) is 10.6 Å². The van der Waals surface area contributed by atoms with Crippen LogP contribution in [0.15, 0.2) is 35.9 Å². The molecule has 214 valence electrons. The fraction of sp³-hybridized carbons (Fsp3) is 0.636. The molecule has 2 saturated heterocycles. The van der Waals surface area contributed by atoms with Crippen LogP contribution in [0.5, 0.6) is 11.5 Å². The van der Waals surface area contributed by atoms with Crippen molar-refractivity contribution in [3.05, 3.63) is 47.1 Å². The molecule has 2 N–H and O–H groups in total. The van der Waals surface area contributed by atoms with E-state index in [1.54, 1.807) is 0 Å². The number of unbranched alkanes of at least 4 members (excludes halogenated alkanes) is 2. The Bertz CT molecular complexity index is 997. The van der Waals surface area contributed by atoms with E-state index in [2.05, 4.69) is 44.1 Å². The SMILES string of the molecule is C=C(C)[C@@H]1CCC(C)=C[C@H]1c1c(OC(=O)CC2CCNC2)cc(CCCCC)cc1OC(=O)CC1CCNC1. The summed E-state index contributed by atoms with van der Waals surface area (Å²) in [7, 11) is 0. The number of rotatable bonds is 12. The molecule has 1 aromatic rings. The van der Waals surface area contributed by atoms with Crippen LogP contribution in [0.1, 0.15) is 95.6 Å². The quantitative estimate of drug-likeness (QED) is 0.142. The van der Waals surface area contributed by atoms with Crippen LogP contribution in [0.25, 0.3) is 0 Å². The number of nitrogens with one attached hydrogen (secondary N) is 2. The molecular formula is C33H48N2O4. The first-order valence-electron chi connectivity index (χ1n) is 15.2. The van der Waals surface area contributed by atoms with Gasteiger partial charge >= 0.3 is 11.9 Å². The third kappa shape index (κ3) is 8.28. The topological polar surface area (TPSA) is 76.7 Å². The van der Waals surface area contributed by atoms with Gasteiger partial charge in [-0.25, -0.2) is 0 Å². The summed E-state index contributed by atoms with van der Waals surface area (Å²) >= 11 is 0. The molecule has 2 fully saturated rings. The van der Waals surface area contributed by atoms with E-state index in [0.717, 1.165) is 94.2 Å². The van der Waals surface area contributed by atoms with E-state index < -0.39 is 0 Å². The first-order chi connectivity index (χ1) is 18.8. The van der Waals surface area contributed by atoms with Crippen molar-refractivity contribution in [3.63, 3.8) is 0 Å². The molecule has 2 aliphatic heterocycles. The lowest BCUT2D eigenvalue weighted by molar-refractivity contribution is -0.135. The second-order valence-electron chi connectivity index (χ2n) is 12.1. The molecule has 1 aliphatic carbocycles. The molecule has 2 unspecified atom stereocenters. The molecule has 0 radical (unpaired) electrons. The van der Waals surface area contributed by atoms with Gasteiger partial charge in [-0.15, -0.1) is 0 Å². The molecule has 6 heteroatoms. The van der Waals surface area contributed by atoms with E-state index in [-0.39, 0.29) is 23.8 Å². The summed E-state index contributed by atoms with van der Waals surface area (Å²) < 4.78 is 12.4. The predicted octanol–water partition coefficient (Wildman–Crippen LogP) is 6.25. The summed E-state index contributed by atoms with van der Waals surface area (Å²) in [5.41, 5.74) is 4.26. The monoisotopic (exact) mass is 536 g/mol. The van der Waals surface area contributed by atoms with Gasteiger partial charge in [0, 0.05) is 11.5 Å². The van der Waals surface area contributed by atoms with Gasteiger partial charge in [-0.1, -0.05) is 43.6 Å². The first-order valence-corrected chi connectivity index (χ1v) is 15.2. The van der Waals surface area contributed by atoms with Crippen LogP contribution >= 0.6 is 0 Å². The van der Waals surface area contributed by atoms with Crippen LogP contribution in [0.3, 0.4) is 0 Å². The normalized spacial score (nSPS) is 24.8. The highest BCUT2D eigenvalue weighted by molar-refractivity contribution is 5.76. The Labute approximate surface area is 235 Å². The third-order valence-corrected chi connectivity index (χ3v) is 8.63. The summed E-state index contributed by atoms with van der Waals surface area (Å²) in [6, 6.07) is 4.06. The Morgan fingerprint density at radius 1 is 0.949 bits per heavy atom. The van der Waals surface area contributed by atoms with Gasteiger partial charge in [0.15, 0.2) is 0 Å². The summed E-state index contributed by atoms with van der Waals surface area (Å²) in [4.78, 5) is 26.4. The molecule has 2 heterocycles. The van der Waals surface area contributed by atoms with Gasteiger partial charge in [0.05, 0.1) is 12.8 Å². The number of ether oxygens (including phenoxy) is 2. The fourth-order valence-corrected chi connectivity index (χ4v) is 6.36. The van der Waals surface area contributed by atoms with Gasteiger partial charge < -0.3 is 20.1 Å². The number of hydrogen-bond donors (Lipinski definition) is 2. The molecule has 39 heavy (non-hydrogen) atoms. The average Bonchev–Trinajstić information content (AvgIpc) is 3.58. The van der Waals surface area contributed by atoms with Crippen molar-refractivity contribution >= 4 is 11.9 Å². The molecule has 6 nitrogen and oxygen atoms in total. The van der Waals surface area contributed by atoms with Crippen LogP contribution in [-0.4, -0.2) is 38.1 Å². The Morgan fingerprint density at radius 2 is 1.54 bits per heavy atom. The second-order valence-corrected chi connectivity index (χ2v) is 12.1. The number of carbonyl (C=O) groups excluding carboxylic acids is 2. The minimum atomic E-state index is -0.214. The third-order valence-electron chi connectivity index (χ3n) is 8.63. The Kier molecular flexibility index (Phi) is 10.8. The van der Waals surface area contributed by atoms with Crippen molar-refractivity contribution in [2.45, 2.75) is 90.9 Å². The van der Waals surface area contributed by atoms with Crippen LogP contribution in [0, 0.1) is 17.8 Å². The van der Waals surface area contributed by atoms with Crippen molar-refractivity contribution in [2.75, 3.05) is 26.2 Å². The summed E-state index contributed by atoms with van der Waals surface area (Å²) in [5, 5.41) is 6.68. The lowest BCUT2D eigenvalue weighted by atomic mass is 9.73. The minimum absolute atomic E-state index is 0.0622. The van der Waals surface area contributed by atoms with Gasteiger partial charge in [-0.3, -0.25) is 9.59 Å². The summed E-state index contributed by atoms with van der Waals surface area (Å²) in [6.07, 6.45) is 11.1. The Hall–Kier alpha value is -2.44. The highest BCUT2D eigenvalue weighted by atomic mass is 16.5. The molecule has 0 spiro atoms. The van der Waals surface area contributed by atoms with Crippen LogP contribution < -0.4 is 20.1 Å². The van der Waals surface area contributed by atoms with Crippen molar-refractivity contribution < 1.29 is 19.1 Å². The van der Waals surface area contributed by atoms with Crippen LogP contribution in [0.2, 0.25) is 0 Å². The number of allylic oxidation sites excluding steroid dienone is 3. The molecule has 3 aliphatic rings. The van der Waals surface area contributed by atoms with E-state index in [1.165, 1.54) is 5.57 Å². The van der Waals surface area contributed by atoms with E-state index >= 15 is 0 Å². The zero-order valence-electron chi connectivity index (χ0n) is 24.3. The Balaban J connectivity index is 1.73. The number of aryl methyl sites for hydroxylation is 1. The number of carbonyl (C=O) groups is 2. The molecule has 0 aromatic heterocycles. The zero-order valence-corrected chi connectivity index (χ0v) is 24.3. The summed E-state index contributed by atoms with van der Waals surface area (Å²) in [5.74, 6) is 1.39. The first kappa shape index (κ1) is 29.5. The zero-order chi connectivity index (χ0) is 27.8. The maximum Gasteiger partial charge on any atom is 0.311 e. The van der Waals surface area contributed by atoms with Crippen LogP contribution in [-0.2, 0) is 16.0 Å². The van der Waals surface area contributed by atoms with Crippen molar-refractivity contribution in [2.24, 2.45) is 17.8 Å². The smallest absolute Gasteiger partial charge is 0.311 e. The van der Waals surface area contributed by atoms with E-state index in [1.807, 2.05) is 12.1 Å². The maximum absolute atomic E-state index is 13.2. The average molecular weight is 537 g/mol.